The molecule has 1 N–H and O–H groups in total. The zero-order chi connectivity index (χ0) is 16.2. The average molecular weight is 309 g/mol. The molecule has 3 rings (SSSR count). The van der Waals surface area contributed by atoms with E-state index in [0.717, 1.165) is 5.56 Å². The van der Waals surface area contributed by atoms with Crippen molar-refractivity contribution in [1.82, 2.24) is 4.98 Å². The van der Waals surface area contributed by atoms with Crippen molar-refractivity contribution < 1.29 is 13.9 Å². The summed E-state index contributed by atoms with van der Waals surface area (Å²) in [4.78, 5) is 3.95. The van der Waals surface area contributed by atoms with Gasteiger partial charge >= 0.3 is 0 Å². The van der Waals surface area contributed by atoms with E-state index >= 15 is 0 Å². The Morgan fingerprint density at radius 1 is 0.870 bits per heavy atom. The zero-order valence-electron chi connectivity index (χ0n) is 12.1. The summed E-state index contributed by atoms with van der Waals surface area (Å²) < 4.78 is 26.8. The molecule has 1 aromatic heterocycles. The van der Waals surface area contributed by atoms with Crippen molar-refractivity contribution in [2.45, 2.75) is 0 Å². The van der Waals surface area contributed by atoms with E-state index in [9.17, 15) is 13.9 Å². The van der Waals surface area contributed by atoms with E-state index in [-0.39, 0.29) is 11.6 Å². The normalized spacial score (nSPS) is 11.5. The molecular weight excluding hydrogens is 296 g/mol. The lowest BCUT2D eigenvalue weighted by atomic mass is 9.95. The van der Waals surface area contributed by atoms with Gasteiger partial charge in [-0.2, -0.15) is 0 Å². The van der Waals surface area contributed by atoms with E-state index in [4.69, 9.17) is 0 Å². The van der Waals surface area contributed by atoms with Crippen molar-refractivity contribution in [1.29, 1.82) is 0 Å². The lowest BCUT2D eigenvalue weighted by Crippen LogP contribution is -1.91. The van der Waals surface area contributed by atoms with Gasteiger partial charge in [-0.05, 0) is 65.2 Å². The smallest absolute Gasteiger partial charge is 0.124 e. The van der Waals surface area contributed by atoms with Crippen molar-refractivity contribution in [3.63, 3.8) is 0 Å². The van der Waals surface area contributed by atoms with Gasteiger partial charge in [0.05, 0.1) is 0 Å². The number of rotatable bonds is 3. The summed E-state index contributed by atoms with van der Waals surface area (Å²) in [5.41, 5.74) is 2.44. The van der Waals surface area contributed by atoms with Crippen LogP contribution in [-0.2, 0) is 0 Å². The van der Waals surface area contributed by atoms with Gasteiger partial charge < -0.3 is 5.11 Å². The lowest BCUT2D eigenvalue weighted by Gasteiger charge is -2.11. The molecule has 0 aliphatic carbocycles. The molecule has 2 nitrogen and oxygen atoms in total. The number of hydrogen-bond donors (Lipinski definition) is 1. The standard InChI is InChI=1S/C19H13F2NO/c20-15-3-1-14(2-4-15)17(11-13-7-9-22-10-8-13)18-12-16(21)5-6-19(18)23/h1-12,23H/b17-11+. The molecule has 0 saturated carbocycles. The first kappa shape index (κ1) is 14.9. The lowest BCUT2D eigenvalue weighted by molar-refractivity contribution is 0.471. The van der Waals surface area contributed by atoms with E-state index < -0.39 is 5.82 Å². The Labute approximate surface area is 132 Å². The highest BCUT2D eigenvalue weighted by Gasteiger charge is 2.11. The molecule has 0 amide bonds. The minimum Gasteiger partial charge on any atom is -0.507 e. The molecule has 0 spiro atoms. The number of phenols is 1. The third-order valence-corrected chi connectivity index (χ3v) is 3.42. The van der Waals surface area contributed by atoms with Gasteiger partial charge in [-0.1, -0.05) is 12.1 Å². The monoisotopic (exact) mass is 309 g/mol. The average Bonchev–Trinajstić information content (AvgIpc) is 2.57. The highest BCUT2D eigenvalue weighted by Crippen LogP contribution is 2.32. The Bertz CT molecular complexity index is 843. The largest absolute Gasteiger partial charge is 0.507 e. The topological polar surface area (TPSA) is 33.1 Å². The number of pyridine rings is 1. The predicted octanol–water partition coefficient (Wildman–Crippen LogP) is 4.65. The molecule has 0 fully saturated rings. The third kappa shape index (κ3) is 3.43. The maximum atomic E-state index is 13.6. The van der Waals surface area contributed by atoms with E-state index in [1.165, 1.54) is 30.3 Å². The summed E-state index contributed by atoms with van der Waals surface area (Å²) in [5.74, 6) is -0.864. The summed E-state index contributed by atoms with van der Waals surface area (Å²) >= 11 is 0. The van der Waals surface area contributed by atoms with E-state index in [2.05, 4.69) is 4.98 Å². The number of benzene rings is 2. The van der Waals surface area contributed by atoms with Crippen LogP contribution in [-0.4, -0.2) is 10.1 Å². The number of phenolic OH excluding ortho intramolecular Hbond substituents is 1. The van der Waals surface area contributed by atoms with Crippen LogP contribution in [0.5, 0.6) is 5.75 Å². The molecule has 0 aliphatic rings. The first-order chi connectivity index (χ1) is 11.1. The second-order valence-electron chi connectivity index (χ2n) is 5.01. The van der Waals surface area contributed by atoms with Crippen LogP contribution in [0.1, 0.15) is 16.7 Å². The fraction of sp³-hybridized carbons (Fsp3) is 0. The van der Waals surface area contributed by atoms with Gasteiger partial charge in [0.2, 0.25) is 0 Å². The van der Waals surface area contributed by atoms with Gasteiger partial charge in [-0.3, -0.25) is 4.98 Å². The molecule has 0 aliphatic heterocycles. The fourth-order valence-electron chi connectivity index (χ4n) is 2.30. The maximum Gasteiger partial charge on any atom is 0.124 e. The third-order valence-electron chi connectivity index (χ3n) is 3.42. The molecule has 0 radical (unpaired) electrons. The number of aromatic nitrogens is 1. The van der Waals surface area contributed by atoms with Gasteiger partial charge in [0.1, 0.15) is 17.4 Å². The number of hydrogen-bond acceptors (Lipinski definition) is 2. The quantitative estimate of drug-likeness (QED) is 0.763. The number of halogens is 2. The molecule has 0 atom stereocenters. The molecule has 2 aromatic carbocycles. The second-order valence-corrected chi connectivity index (χ2v) is 5.01. The zero-order valence-corrected chi connectivity index (χ0v) is 12.1. The summed E-state index contributed by atoms with van der Waals surface area (Å²) in [6.45, 7) is 0. The molecule has 23 heavy (non-hydrogen) atoms. The van der Waals surface area contributed by atoms with Gasteiger partial charge in [0.25, 0.3) is 0 Å². The van der Waals surface area contributed by atoms with Crippen molar-refractivity contribution in [3.05, 3.63) is 95.3 Å². The minimum atomic E-state index is -0.458. The first-order valence-electron chi connectivity index (χ1n) is 7.00. The first-order valence-corrected chi connectivity index (χ1v) is 7.00. The molecule has 4 heteroatoms. The summed E-state index contributed by atoms with van der Waals surface area (Å²) in [7, 11) is 0. The van der Waals surface area contributed by atoms with Gasteiger partial charge in [0, 0.05) is 18.0 Å². The van der Waals surface area contributed by atoms with Crippen molar-refractivity contribution in [2.24, 2.45) is 0 Å². The van der Waals surface area contributed by atoms with Crippen molar-refractivity contribution in [3.8, 4) is 5.75 Å². The van der Waals surface area contributed by atoms with Crippen LogP contribution in [0, 0.1) is 11.6 Å². The summed E-state index contributed by atoms with van der Waals surface area (Å²) in [5, 5.41) is 10.1. The van der Waals surface area contributed by atoms with E-state index in [1.807, 2.05) is 0 Å². The molecule has 1 heterocycles. The van der Waals surface area contributed by atoms with Crippen LogP contribution in [0.15, 0.2) is 67.0 Å². The van der Waals surface area contributed by atoms with Crippen LogP contribution in [0.3, 0.4) is 0 Å². The van der Waals surface area contributed by atoms with Gasteiger partial charge in [0.15, 0.2) is 0 Å². The van der Waals surface area contributed by atoms with Crippen LogP contribution < -0.4 is 0 Å². The number of aromatic hydroxyl groups is 1. The number of nitrogens with zero attached hydrogens (tertiary/aromatic N) is 1. The van der Waals surface area contributed by atoms with Crippen LogP contribution >= 0.6 is 0 Å². The predicted molar refractivity (Wildman–Crippen MR) is 85.7 cm³/mol. The summed E-state index contributed by atoms with van der Waals surface area (Å²) in [6.07, 6.45) is 5.07. The Balaban J connectivity index is 2.19. The molecular formula is C19H13F2NO. The van der Waals surface area contributed by atoms with E-state index in [1.54, 1.807) is 42.7 Å². The van der Waals surface area contributed by atoms with Crippen LogP contribution in [0.4, 0.5) is 8.78 Å². The minimum absolute atomic E-state index is 0.0453. The highest BCUT2D eigenvalue weighted by atomic mass is 19.1. The van der Waals surface area contributed by atoms with Gasteiger partial charge in [-0.15, -0.1) is 0 Å². The molecule has 0 unspecified atom stereocenters. The second kappa shape index (κ2) is 6.40. The van der Waals surface area contributed by atoms with Crippen LogP contribution in [0.2, 0.25) is 0 Å². The summed E-state index contributed by atoms with van der Waals surface area (Å²) in [6, 6.07) is 13.2. The fourth-order valence-corrected chi connectivity index (χ4v) is 2.30. The van der Waals surface area contributed by atoms with Crippen molar-refractivity contribution >= 4 is 11.6 Å². The Kier molecular flexibility index (Phi) is 4.15. The van der Waals surface area contributed by atoms with Crippen LogP contribution in [0.25, 0.3) is 11.6 Å². The Morgan fingerprint density at radius 2 is 1.52 bits per heavy atom. The molecule has 3 aromatic rings. The molecule has 0 saturated heterocycles. The Morgan fingerprint density at radius 3 is 2.22 bits per heavy atom. The Hall–Kier alpha value is -3.01. The molecule has 0 bridgehead atoms. The van der Waals surface area contributed by atoms with E-state index in [0.29, 0.717) is 16.7 Å². The maximum absolute atomic E-state index is 13.6. The van der Waals surface area contributed by atoms with Gasteiger partial charge in [-0.25, -0.2) is 8.78 Å². The highest BCUT2D eigenvalue weighted by molar-refractivity contribution is 5.93. The SMILES string of the molecule is Oc1ccc(F)cc1/C(=C/c1ccncc1)c1ccc(F)cc1. The van der Waals surface area contributed by atoms with Crippen molar-refractivity contribution in [2.75, 3.05) is 0 Å². The molecule has 114 valence electrons.